The zero-order chi connectivity index (χ0) is 13.1. The number of ether oxygens (including phenoxy) is 1. The number of hydrogen-bond donors (Lipinski definition) is 2. The zero-order valence-electron chi connectivity index (χ0n) is 9.64. The molecule has 5 heteroatoms. The lowest BCUT2D eigenvalue weighted by Crippen LogP contribution is -2.07. The highest BCUT2D eigenvalue weighted by molar-refractivity contribution is 5.87. The second-order valence-electron chi connectivity index (χ2n) is 3.68. The number of methoxy groups -OCH3 is 1. The number of aromatic amines is 1. The van der Waals surface area contributed by atoms with Crippen molar-refractivity contribution in [2.75, 3.05) is 7.11 Å². The van der Waals surface area contributed by atoms with E-state index < -0.39 is 5.97 Å². The number of aromatic nitrogens is 1. The van der Waals surface area contributed by atoms with E-state index in [9.17, 15) is 9.59 Å². The van der Waals surface area contributed by atoms with Gasteiger partial charge in [-0.05, 0) is 29.7 Å². The lowest BCUT2D eigenvalue weighted by Gasteiger charge is -2.02. The maximum Gasteiger partial charge on any atom is 0.328 e. The van der Waals surface area contributed by atoms with Crippen LogP contribution < -0.4 is 10.3 Å². The number of rotatable bonds is 3. The van der Waals surface area contributed by atoms with Crippen molar-refractivity contribution in [2.45, 2.75) is 0 Å². The Bertz CT molecular complexity index is 685. The van der Waals surface area contributed by atoms with E-state index in [0.29, 0.717) is 16.8 Å². The summed E-state index contributed by atoms with van der Waals surface area (Å²) in [6.07, 6.45) is 2.31. The van der Waals surface area contributed by atoms with Crippen LogP contribution in [0.25, 0.3) is 16.8 Å². The first kappa shape index (κ1) is 11.9. The molecule has 0 radical (unpaired) electrons. The first-order chi connectivity index (χ1) is 8.60. The van der Waals surface area contributed by atoms with Gasteiger partial charge in [-0.25, -0.2) is 4.79 Å². The molecule has 1 aromatic carbocycles. The summed E-state index contributed by atoms with van der Waals surface area (Å²) in [5.41, 5.74) is 0.163. The highest BCUT2D eigenvalue weighted by Crippen LogP contribution is 2.18. The smallest absolute Gasteiger partial charge is 0.328 e. The molecule has 92 valence electrons. The normalized spacial score (nSPS) is 10.9. The van der Waals surface area contributed by atoms with Gasteiger partial charge in [0.15, 0.2) is 0 Å². The maximum absolute atomic E-state index is 11.8. The predicted octanol–water partition coefficient (Wildman–Crippen LogP) is 1.63. The molecule has 0 aliphatic heterocycles. The Balaban J connectivity index is 2.57. The third-order valence-electron chi connectivity index (χ3n) is 2.48. The van der Waals surface area contributed by atoms with Crippen LogP contribution >= 0.6 is 0 Å². The van der Waals surface area contributed by atoms with E-state index in [1.807, 2.05) is 0 Å². The number of hydrogen-bond acceptors (Lipinski definition) is 3. The molecule has 0 spiro atoms. The molecule has 0 amide bonds. The Morgan fingerprint density at radius 2 is 2.17 bits per heavy atom. The Hall–Kier alpha value is -2.56. The van der Waals surface area contributed by atoms with Crippen molar-refractivity contribution >= 4 is 22.8 Å². The van der Waals surface area contributed by atoms with Crippen LogP contribution in [0.4, 0.5) is 0 Å². The van der Waals surface area contributed by atoms with Gasteiger partial charge >= 0.3 is 5.97 Å². The van der Waals surface area contributed by atoms with Crippen molar-refractivity contribution < 1.29 is 14.6 Å². The molecule has 1 heterocycles. The summed E-state index contributed by atoms with van der Waals surface area (Å²) in [6.45, 7) is 0. The van der Waals surface area contributed by atoms with Crippen LogP contribution in [0.2, 0.25) is 0 Å². The molecule has 0 saturated carbocycles. The molecule has 0 saturated heterocycles. The summed E-state index contributed by atoms with van der Waals surface area (Å²) in [6, 6.07) is 6.84. The van der Waals surface area contributed by atoms with Crippen molar-refractivity contribution in [3.63, 3.8) is 0 Å². The topological polar surface area (TPSA) is 79.4 Å². The Morgan fingerprint density at radius 1 is 1.39 bits per heavy atom. The molecule has 18 heavy (non-hydrogen) atoms. The molecule has 1 aromatic heterocycles. The first-order valence-electron chi connectivity index (χ1n) is 5.22. The van der Waals surface area contributed by atoms with Crippen LogP contribution in [0.1, 0.15) is 5.69 Å². The maximum atomic E-state index is 11.8. The van der Waals surface area contributed by atoms with E-state index in [-0.39, 0.29) is 5.56 Å². The highest BCUT2D eigenvalue weighted by atomic mass is 16.5. The minimum atomic E-state index is -1.06. The van der Waals surface area contributed by atoms with Crippen molar-refractivity contribution in [3.8, 4) is 5.75 Å². The van der Waals surface area contributed by atoms with E-state index in [1.54, 1.807) is 24.3 Å². The molecule has 0 atom stereocenters. The van der Waals surface area contributed by atoms with E-state index >= 15 is 0 Å². The van der Waals surface area contributed by atoms with Crippen LogP contribution in [0.3, 0.4) is 0 Å². The quantitative estimate of drug-likeness (QED) is 0.805. The number of nitrogens with one attached hydrogen (secondary N) is 1. The largest absolute Gasteiger partial charge is 0.497 e. The van der Waals surface area contributed by atoms with E-state index in [0.717, 1.165) is 11.5 Å². The zero-order valence-corrected chi connectivity index (χ0v) is 9.64. The Kier molecular flexibility index (Phi) is 3.14. The Morgan fingerprint density at radius 3 is 2.83 bits per heavy atom. The van der Waals surface area contributed by atoms with E-state index in [2.05, 4.69) is 4.98 Å². The number of aliphatic carboxylic acids is 1. The van der Waals surface area contributed by atoms with Gasteiger partial charge in [0, 0.05) is 11.8 Å². The number of H-pyrrole nitrogens is 1. The lowest BCUT2D eigenvalue weighted by molar-refractivity contribution is -0.131. The molecule has 0 bridgehead atoms. The number of fused-ring (bicyclic) bond motifs is 1. The fraction of sp³-hybridized carbons (Fsp3) is 0.0769. The first-order valence-corrected chi connectivity index (χ1v) is 5.22. The summed E-state index contributed by atoms with van der Waals surface area (Å²) in [4.78, 5) is 24.8. The molecule has 2 rings (SSSR count). The van der Waals surface area contributed by atoms with Gasteiger partial charge in [0.05, 0.1) is 12.5 Å². The molecule has 2 aromatic rings. The molecule has 0 aliphatic carbocycles. The average molecular weight is 245 g/mol. The SMILES string of the molecule is COc1ccc2cc(/C=C/C(=O)O)[nH]c(=O)c2c1. The summed E-state index contributed by atoms with van der Waals surface area (Å²) >= 11 is 0. The van der Waals surface area contributed by atoms with E-state index in [4.69, 9.17) is 9.84 Å². The highest BCUT2D eigenvalue weighted by Gasteiger charge is 2.02. The molecule has 0 unspecified atom stereocenters. The van der Waals surface area contributed by atoms with Gasteiger partial charge in [0.25, 0.3) is 5.56 Å². The summed E-state index contributed by atoms with van der Waals surface area (Å²) in [5, 5.41) is 9.76. The Labute approximate surface area is 102 Å². The van der Waals surface area contributed by atoms with Crippen molar-refractivity contribution in [3.05, 3.63) is 46.4 Å². The minimum absolute atomic E-state index is 0.281. The third-order valence-corrected chi connectivity index (χ3v) is 2.48. The fourth-order valence-electron chi connectivity index (χ4n) is 1.64. The van der Waals surface area contributed by atoms with Crippen LogP contribution in [-0.4, -0.2) is 23.2 Å². The van der Waals surface area contributed by atoms with Crippen LogP contribution in [0.5, 0.6) is 5.75 Å². The molecular weight excluding hydrogens is 234 g/mol. The van der Waals surface area contributed by atoms with Crippen molar-refractivity contribution in [1.29, 1.82) is 0 Å². The number of carboxylic acids is 1. The third kappa shape index (κ3) is 2.40. The summed E-state index contributed by atoms with van der Waals surface area (Å²) in [7, 11) is 1.53. The molecule has 0 fully saturated rings. The number of carboxylic acid groups (broad SMARTS) is 1. The molecule has 5 nitrogen and oxygen atoms in total. The molecule has 2 N–H and O–H groups in total. The number of pyridine rings is 1. The molecular formula is C13H11NO4. The van der Waals surface area contributed by atoms with Gasteiger partial charge in [-0.15, -0.1) is 0 Å². The predicted molar refractivity (Wildman–Crippen MR) is 67.8 cm³/mol. The second kappa shape index (κ2) is 4.75. The van der Waals surface area contributed by atoms with Crippen molar-refractivity contribution in [2.24, 2.45) is 0 Å². The monoisotopic (exact) mass is 245 g/mol. The van der Waals surface area contributed by atoms with Gasteiger partial charge in [-0.2, -0.15) is 0 Å². The van der Waals surface area contributed by atoms with Gasteiger partial charge in [-0.3, -0.25) is 4.79 Å². The van der Waals surface area contributed by atoms with Gasteiger partial charge in [0.1, 0.15) is 5.75 Å². The van der Waals surface area contributed by atoms with Gasteiger partial charge < -0.3 is 14.8 Å². The lowest BCUT2D eigenvalue weighted by atomic mass is 10.1. The van der Waals surface area contributed by atoms with Crippen LogP contribution in [-0.2, 0) is 4.79 Å². The van der Waals surface area contributed by atoms with Crippen LogP contribution in [0.15, 0.2) is 35.1 Å². The van der Waals surface area contributed by atoms with Crippen LogP contribution in [0, 0.1) is 0 Å². The van der Waals surface area contributed by atoms with Gasteiger partial charge in [-0.1, -0.05) is 6.07 Å². The molecule has 0 aliphatic rings. The van der Waals surface area contributed by atoms with Crippen molar-refractivity contribution in [1.82, 2.24) is 4.98 Å². The number of benzene rings is 1. The van der Waals surface area contributed by atoms with E-state index in [1.165, 1.54) is 13.2 Å². The summed E-state index contributed by atoms with van der Waals surface area (Å²) in [5.74, 6) is -0.465. The van der Waals surface area contributed by atoms with Gasteiger partial charge in [0.2, 0.25) is 0 Å². The average Bonchev–Trinajstić information content (AvgIpc) is 2.36. The minimum Gasteiger partial charge on any atom is -0.497 e. The second-order valence-corrected chi connectivity index (χ2v) is 3.68. The standard InChI is InChI=1S/C13H11NO4/c1-18-10-4-2-8-6-9(3-5-12(15)16)14-13(17)11(8)7-10/h2-7H,1H3,(H,14,17)(H,15,16)/b5-3+. The number of carbonyl (C=O) groups is 1. The summed E-state index contributed by atoms with van der Waals surface area (Å²) < 4.78 is 5.04. The fourth-order valence-corrected chi connectivity index (χ4v) is 1.64.